The molecule has 1 heterocycles. The Morgan fingerprint density at radius 1 is 1.07 bits per heavy atom. The third-order valence-corrected chi connectivity index (χ3v) is 6.97. The van der Waals surface area contributed by atoms with Gasteiger partial charge < -0.3 is 4.42 Å². The van der Waals surface area contributed by atoms with Gasteiger partial charge in [-0.15, -0.1) is 0 Å². The number of sulfone groups is 1. The molecule has 0 N–H and O–H groups in total. The average Bonchev–Trinajstić information content (AvgIpc) is 3.10. The first-order valence-electron chi connectivity index (χ1n) is 9.75. The maximum absolute atomic E-state index is 14.2. The zero-order chi connectivity index (χ0) is 19.9. The van der Waals surface area contributed by atoms with Crippen molar-refractivity contribution in [2.75, 3.05) is 6.26 Å². The summed E-state index contributed by atoms with van der Waals surface area (Å²) in [7, 11) is -3.58. The Hall–Kier alpha value is -2.21. The average molecular weight is 402 g/mol. The van der Waals surface area contributed by atoms with Crippen molar-refractivity contribution in [2.45, 2.75) is 49.8 Å². The van der Waals surface area contributed by atoms with E-state index in [-0.39, 0.29) is 4.90 Å². The van der Waals surface area contributed by atoms with E-state index in [9.17, 15) is 12.8 Å². The second-order valence-corrected chi connectivity index (χ2v) is 9.76. The van der Waals surface area contributed by atoms with E-state index >= 15 is 0 Å². The standard InChI is InChI=1S/C22H24FNO3S/c1-3-14-4-6-15(7-5-14)22-24-19-13-17(8-10-20(19)27-22)16-9-11-21(18(23)12-16)28(2,25)26/h8-15H,3-7H2,1-2H3. The number of benzene rings is 2. The molecule has 1 saturated carbocycles. The smallest absolute Gasteiger partial charge is 0.198 e. The second-order valence-electron chi connectivity index (χ2n) is 7.78. The number of oxazole rings is 1. The van der Waals surface area contributed by atoms with Crippen molar-refractivity contribution in [2.24, 2.45) is 5.92 Å². The summed E-state index contributed by atoms with van der Waals surface area (Å²) in [5.74, 6) is 1.23. The van der Waals surface area contributed by atoms with Crippen LogP contribution in [-0.2, 0) is 9.84 Å². The lowest BCUT2D eigenvalue weighted by Crippen LogP contribution is -2.12. The lowest BCUT2D eigenvalue weighted by molar-refractivity contribution is 0.291. The van der Waals surface area contributed by atoms with E-state index in [1.807, 2.05) is 18.2 Å². The van der Waals surface area contributed by atoms with Crippen LogP contribution in [0.15, 0.2) is 45.7 Å². The van der Waals surface area contributed by atoms with Crippen molar-refractivity contribution in [3.63, 3.8) is 0 Å². The van der Waals surface area contributed by atoms with Crippen LogP contribution < -0.4 is 0 Å². The monoisotopic (exact) mass is 401 g/mol. The van der Waals surface area contributed by atoms with Crippen molar-refractivity contribution in [1.29, 1.82) is 0 Å². The summed E-state index contributed by atoms with van der Waals surface area (Å²) in [5, 5.41) is 0. The van der Waals surface area contributed by atoms with Crippen molar-refractivity contribution >= 4 is 20.9 Å². The maximum Gasteiger partial charge on any atom is 0.198 e. The van der Waals surface area contributed by atoms with Crippen LogP contribution in [0.2, 0.25) is 0 Å². The summed E-state index contributed by atoms with van der Waals surface area (Å²) in [6.07, 6.45) is 6.89. The highest BCUT2D eigenvalue weighted by atomic mass is 32.2. The molecule has 1 aliphatic rings. The molecule has 28 heavy (non-hydrogen) atoms. The van der Waals surface area contributed by atoms with Crippen molar-refractivity contribution < 1.29 is 17.2 Å². The number of hydrogen-bond acceptors (Lipinski definition) is 4. The molecule has 2 aromatic carbocycles. The molecule has 6 heteroatoms. The number of nitrogens with zero attached hydrogens (tertiary/aromatic N) is 1. The minimum atomic E-state index is -3.58. The molecule has 0 aliphatic heterocycles. The van der Waals surface area contributed by atoms with Crippen LogP contribution in [-0.4, -0.2) is 19.7 Å². The van der Waals surface area contributed by atoms with Gasteiger partial charge in [0.2, 0.25) is 0 Å². The van der Waals surface area contributed by atoms with Gasteiger partial charge >= 0.3 is 0 Å². The molecule has 0 bridgehead atoms. The van der Waals surface area contributed by atoms with Crippen molar-refractivity contribution in [1.82, 2.24) is 4.98 Å². The fourth-order valence-corrected chi connectivity index (χ4v) is 4.83. The summed E-state index contributed by atoms with van der Waals surface area (Å²) >= 11 is 0. The normalized spacial score (nSPS) is 20.5. The second kappa shape index (κ2) is 7.32. The molecule has 0 amide bonds. The molecule has 0 unspecified atom stereocenters. The molecular weight excluding hydrogens is 377 g/mol. The Morgan fingerprint density at radius 3 is 2.39 bits per heavy atom. The van der Waals surface area contributed by atoms with E-state index < -0.39 is 15.7 Å². The van der Waals surface area contributed by atoms with E-state index in [2.05, 4.69) is 6.92 Å². The van der Waals surface area contributed by atoms with Crippen LogP contribution in [0.3, 0.4) is 0 Å². The molecule has 0 atom stereocenters. The predicted molar refractivity (Wildman–Crippen MR) is 108 cm³/mol. The minimum Gasteiger partial charge on any atom is -0.440 e. The zero-order valence-corrected chi connectivity index (χ0v) is 16.9. The first-order valence-corrected chi connectivity index (χ1v) is 11.6. The van der Waals surface area contributed by atoms with Gasteiger partial charge in [0.05, 0.1) is 0 Å². The van der Waals surface area contributed by atoms with Crippen LogP contribution in [0, 0.1) is 11.7 Å². The molecule has 4 nitrogen and oxygen atoms in total. The van der Waals surface area contributed by atoms with E-state index in [0.29, 0.717) is 11.5 Å². The number of hydrogen-bond donors (Lipinski definition) is 0. The molecule has 4 rings (SSSR count). The summed E-state index contributed by atoms with van der Waals surface area (Å²) < 4.78 is 43.4. The Bertz CT molecular complexity index is 1110. The molecule has 1 fully saturated rings. The molecule has 0 radical (unpaired) electrons. The lowest BCUT2D eigenvalue weighted by atomic mass is 9.81. The number of aromatic nitrogens is 1. The van der Waals surface area contributed by atoms with Crippen LogP contribution in [0.25, 0.3) is 22.2 Å². The quantitative estimate of drug-likeness (QED) is 0.561. The fourth-order valence-electron chi connectivity index (χ4n) is 4.10. The Labute approximate surface area is 164 Å². The first kappa shape index (κ1) is 19.1. The molecular formula is C22H24FNO3S. The highest BCUT2D eigenvalue weighted by Crippen LogP contribution is 2.38. The van der Waals surface area contributed by atoms with Gasteiger partial charge in [-0.2, -0.15) is 0 Å². The zero-order valence-electron chi connectivity index (χ0n) is 16.1. The van der Waals surface area contributed by atoms with Crippen LogP contribution in [0.5, 0.6) is 0 Å². The maximum atomic E-state index is 14.2. The molecule has 0 spiro atoms. The number of rotatable bonds is 4. The lowest BCUT2D eigenvalue weighted by Gasteiger charge is -2.25. The number of fused-ring (bicyclic) bond motifs is 1. The summed E-state index contributed by atoms with van der Waals surface area (Å²) in [5.41, 5.74) is 2.86. The first-order chi connectivity index (χ1) is 13.3. The van der Waals surface area contributed by atoms with Crippen LogP contribution >= 0.6 is 0 Å². The predicted octanol–water partition coefficient (Wildman–Crippen LogP) is 5.72. The largest absolute Gasteiger partial charge is 0.440 e. The van der Waals surface area contributed by atoms with Gasteiger partial charge in [0.1, 0.15) is 16.2 Å². The highest BCUT2D eigenvalue weighted by molar-refractivity contribution is 7.90. The SMILES string of the molecule is CCC1CCC(c2nc3cc(-c4ccc(S(C)(=O)=O)c(F)c4)ccc3o2)CC1. The fraction of sp³-hybridized carbons (Fsp3) is 0.409. The van der Waals surface area contributed by atoms with E-state index in [4.69, 9.17) is 9.40 Å². The van der Waals surface area contributed by atoms with Gasteiger partial charge in [-0.25, -0.2) is 17.8 Å². The van der Waals surface area contributed by atoms with Gasteiger partial charge in [0, 0.05) is 12.2 Å². The Kier molecular flexibility index (Phi) is 5.00. The molecule has 1 aliphatic carbocycles. The third-order valence-electron chi connectivity index (χ3n) is 5.84. The van der Waals surface area contributed by atoms with Crippen molar-refractivity contribution in [3.05, 3.63) is 48.1 Å². The molecule has 1 aromatic heterocycles. The van der Waals surface area contributed by atoms with Crippen molar-refractivity contribution in [3.8, 4) is 11.1 Å². The molecule has 0 saturated heterocycles. The summed E-state index contributed by atoms with van der Waals surface area (Å²) in [6, 6.07) is 9.75. The third kappa shape index (κ3) is 3.70. The van der Waals surface area contributed by atoms with Crippen LogP contribution in [0.1, 0.15) is 50.8 Å². The molecule has 3 aromatic rings. The van der Waals surface area contributed by atoms with E-state index in [0.717, 1.165) is 47.6 Å². The topological polar surface area (TPSA) is 60.2 Å². The van der Waals surface area contributed by atoms with Crippen LogP contribution in [0.4, 0.5) is 4.39 Å². The summed E-state index contributed by atoms with van der Waals surface area (Å²) in [4.78, 5) is 4.41. The van der Waals surface area contributed by atoms with Gasteiger partial charge in [-0.1, -0.05) is 25.5 Å². The number of halogens is 1. The van der Waals surface area contributed by atoms with Gasteiger partial charge in [0.25, 0.3) is 0 Å². The van der Waals surface area contributed by atoms with Gasteiger partial charge in [-0.05, 0) is 67.0 Å². The molecule has 148 valence electrons. The highest BCUT2D eigenvalue weighted by Gasteiger charge is 2.25. The Morgan fingerprint density at radius 2 is 1.75 bits per heavy atom. The summed E-state index contributed by atoms with van der Waals surface area (Å²) in [6.45, 7) is 2.25. The van der Waals surface area contributed by atoms with E-state index in [1.165, 1.54) is 31.4 Å². The van der Waals surface area contributed by atoms with E-state index in [1.54, 1.807) is 6.07 Å². The minimum absolute atomic E-state index is 0.288. The van der Waals surface area contributed by atoms with Gasteiger partial charge in [0.15, 0.2) is 21.3 Å². The Balaban J connectivity index is 1.63. The van der Waals surface area contributed by atoms with Gasteiger partial charge in [-0.3, -0.25) is 0 Å².